The molecule has 1 aliphatic heterocycles. The molecule has 168 valence electrons. The fraction of sp³-hybridized carbons (Fsp3) is 0.458. The van der Waals surface area contributed by atoms with E-state index < -0.39 is 10.0 Å². The molecule has 1 fully saturated rings. The van der Waals surface area contributed by atoms with E-state index in [9.17, 15) is 13.2 Å². The van der Waals surface area contributed by atoms with Crippen LogP contribution in [0.1, 0.15) is 36.9 Å². The van der Waals surface area contributed by atoms with Crippen LogP contribution in [0.15, 0.2) is 59.5 Å². The number of rotatable bonds is 8. The Bertz CT molecular complexity index is 961. The van der Waals surface area contributed by atoms with Gasteiger partial charge < -0.3 is 4.90 Å². The van der Waals surface area contributed by atoms with E-state index in [0.29, 0.717) is 13.1 Å². The molecule has 0 bridgehead atoms. The normalized spacial score (nSPS) is 18.5. The highest BCUT2D eigenvalue weighted by Gasteiger charge is 2.26. The second kappa shape index (κ2) is 10.4. The van der Waals surface area contributed by atoms with Gasteiger partial charge in [-0.2, -0.15) is 0 Å². The molecular formula is C24H33N3O3S. The van der Waals surface area contributed by atoms with Crippen molar-refractivity contribution in [3.8, 4) is 0 Å². The molecule has 0 saturated carbocycles. The second-order valence-corrected chi connectivity index (χ2v) is 10.3. The number of likely N-dealkylation sites (tertiary alicyclic amines) is 1. The quantitative estimate of drug-likeness (QED) is 0.680. The van der Waals surface area contributed by atoms with E-state index in [0.717, 1.165) is 37.1 Å². The number of nitrogens with one attached hydrogen (secondary N) is 1. The van der Waals surface area contributed by atoms with Crippen LogP contribution in [0, 0.1) is 12.8 Å². The van der Waals surface area contributed by atoms with E-state index in [-0.39, 0.29) is 22.8 Å². The number of piperidine rings is 1. The highest BCUT2D eigenvalue weighted by Crippen LogP contribution is 2.20. The zero-order valence-electron chi connectivity index (χ0n) is 18.6. The molecule has 1 amide bonds. The summed E-state index contributed by atoms with van der Waals surface area (Å²) >= 11 is 0. The Hall–Kier alpha value is -2.22. The molecule has 2 aromatic rings. The fourth-order valence-electron chi connectivity index (χ4n) is 3.96. The Morgan fingerprint density at radius 1 is 1.16 bits per heavy atom. The minimum atomic E-state index is -3.52. The maximum absolute atomic E-state index is 12.8. The smallest absolute Gasteiger partial charge is 0.240 e. The largest absolute Gasteiger partial charge is 0.338 e. The summed E-state index contributed by atoms with van der Waals surface area (Å²) < 4.78 is 27.9. The van der Waals surface area contributed by atoms with Gasteiger partial charge in [0.15, 0.2) is 0 Å². The average molecular weight is 444 g/mol. The zero-order chi connectivity index (χ0) is 22.4. The van der Waals surface area contributed by atoms with Gasteiger partial charge in [0.25, 0.3) is 0 Å². The first-order valence-corrected chi connectivity index (χ1v) is 12.3. The number of sulfonamides is 1. The second-order valence-electron chi connectivity index (χ2n) is 8.50. The summed E-state index contributed by atoms with van der Waals surface area (Å²) in [5, 5.41) is 0. The van der Waals surface area contributed by atoms with Gasteiger partial charge >= 0.3 is 0 Å². The van der Waals surface area contributed by atoms with Crippen molar-refractivity contribution in [3.63, 3.8) is 0 Å². The topological polar surface area (TPSA) is 69.7 Å². The van der Waals surface area contributed by atoms with E-state index in [1.165, 1.54) is 0 Å². The molecule has 2 unspecified atom stereocenters. The summed E-state index contributed by atoms with van der Waals surface area (Å²) in [4.78, 5) is 17.1. The van der Waals surface area contributed by atoms with E-state index in [1.807, 2.05) is 51.2 Å². The lowest BCUT2D eigenvalue weighted by atomic mass is 9.98. The fourth-order valence-corrected chi connectivity index (χ4v) is 5.08. The Labute approximate surface area is 186 Å². The highest BCUT2D eigenvalue weighted by atomic mass is 32.2. The molecule has 2 atom stereocenters. The number of hydrogen-bond donors (Lipinski definition) is 1. The maximum atomic E-state index is 12.8. The molecule has 0 radical (unpaired) electrons. The van der Waals surface area contributed by atoms with Crippen molar-refractivity contribution in [1.29, 1.82) is 0 Å². The number of carbonyl (C=O) groups is 1. The molecule has 0 aliphatic carbocycles. The standard InChI is InChI=1S/C24H33N3O3S/c1-19-11-13-23(14-12-19)31(29,30)25-16-21-8-7-15-27(17-21)18-24(28)26(3)20(2)22-9-5-4-6-10-22/h4-6,9-14,20-21,25H,7-8,15-18H2,1-3H3. The van der Waals surface area contributed by atoms with Crippen LogP contribution in [0.5, 0.6) is 0 Å². The van der Waals surface area contributed by atoms with Gasteiger partial charge in [0, 0.05) is 20.1 Å². The molecule has 31 heavy (non-hydrogen) atoms. The van der Waals surface area contributed by atoms with Crippen molar-refractivity contribution in [3.05, 3.63) is 65.7 Å². The Balaban J connectivity index is 1.52. The molecule has 3 rings (SSSR count). The third-order valence-electron chi connectivity index (χ3n) is 6.11. The molecular weight excluding hydrogens is 410 g/mol. The monoisotopic (exact) mass is 443 g/mol. The minimum Gasteiger partial charge on any atom is -0.338 e. The van der Waals surface area contributed by atoms with Crippen molar-refractivity contribution in [1.82, 2.24) is 14.5 Å². The number of amides is 1. The number of hydrogen-bond acceptors (Lipinski definition) is 4. The van der Waals surface area contributed by atoms with Crippen LogP contribution >= 0.6 is 0 Å². The maximum Gasteiger partial charge on any atom is 0.240 e. The van der Waals surface area contributed by atoms with Crippen LogP contribution in [0.2, 0.25) is 0 Å². The van der Waals surface area contributed by atoms with Crippen LogP contribution in [-0.4, -0.2) is 57.4 Å². The number of benzene rings is 2. The van der Waals surface area contributed by atoms with Crippen molar-refractivity contribution >= 4 is 15.9 Å². The van der Waals surface area contributed by atoms with E-state index >= 15 is 0 Å². The number of carbonyl (C=O) groups excluding carboxylic acids is 1. The third kappa shape index (κ3) is 6.38. The van der Waals surface area contributed by atoms with Crippen LogP contribution in [-0.2, 0) is 14.8 Å². The summed E-state index contributed by atoms with van der Waals surface area (Å²) in [7, 11) is -1.67. The van der Waals surface area contributed by atoms with Crippen LogP contribution in [0.25, 0.3) is 0 Å². The van der Waals surface area contributed by atoms with Crippen LogP contribution < -0.4 is 4.72 Å². The Morgan fingerprint density at radius 3 is 2.52 bits per heavy atom. The summed E-state index contributed by atoms with van der Waals surface area (Å²) in [5.41, 5.74) is 2.14. The van der Waals surface area contributed by atoms with Crippen molar-refractivity contribution in [2.75, 3.05) is 33.2 Å². The van der Waals surface area contributed by atoms with Gasteiger partial charge in [-0.1, -0.05) is 48.0 Å². The lowest BCUT2D eigenvalue weighted by Crippen LogP contribution is -2.45. The number of likely N-dealkylation sites (N-methyl/N-ethyl adjacent to an activating group) is 1. The SMILES string of the molecule is Cc1ccc(S(=O)(=O)NCC2CCCN(CC(=O)N(C)C(C)c3ccccc3)C2)cc1. The van der Waals surface area contributed by atoms with Crippen molar-refractivity contribution in [2.45, 2.75) is 37.6 Å². The molecule has 1 N–H and O–H groups in total. The average Bonchev–Trinajstić information content (AvgIpc) is 2.78. The van der Waals surface area contributed by atoms with Crippen LogP contribution in [0.4, 0.5) is 0 Å². The molecule has 0 aromatic heterocycles. The van der Waals surface area contributed by atoms with E-state index in [2.05, 4.69) is 9.62 Å². The number of nitrogens with zero attached hydrogens (tertiary/aromatic N) is 2. The summed E-state index contributed by atoms with van der Waals surface area (Å²) in [6.07, 6.45) is 1.92. The predicted molar refractivity (Wildman–Crippen MR) is 123 cm³/mol. The molecule has 7 heteroatoms. The first-order valence-electron chi connectivity index (χ1n) is 10.9. The third-order valence-corrected chi connectivity index (χ3v) is 7.55. The predicted octanol–water partition coefficient (Wildman–Crippen LogP) is 3.20. The summed E-state index contributed by atoms with van der Waals surface area (Å²) in [5.74, 6) is 0.274. The molecule has 0 spiro atoms. The Kier molecular flexibility index (Phi) is 7.86. The van der Waals surface area contributed by atoms with Gasteiger partial charge in [0.05, 0.1) is 17.5 Å². The number of aryl methyl sites for hydroxylation is 1. The summed E-state index contributed by atoms with van der Waals surface area (Å²) in [6.45, 7) is 6.29. The van der Waals surface area contributed by atoms with Gasteiger partial charge in [0.1, 0.15) is 0 Å². The Morgan fingerprint density at radius 2 is 1.84 bits per heavy atom. The van der Waals surface area contributed by atoms with Gasteiger partial charge in [-0.05, 0) is 56.8 Å². The highest BCUT2D eigenvalue weighted by molar-refractivity contribution is 7.89. The summed E-state index contributed by atoms with van der Waals surface area (Å²) in [6, 6.07) is 16.9. The molecule has 1 heterocycles. The van der Waals surface area contributed by atoms with Gasteiger partial charge in [0.2, 0.25) is 15.9 Å². The van der Waals surface area contributed by atoms with Crippen molar-refractivity contribution in [2.24, 2.45) is 5.92 Å². The first kappa shape index (κ1) is 23.4. The van der Waals surface area contributed by atoms with Gasteiger partial charge in [-0.15, -0.1) is 0 Å². The van der Waals surface area contributed by atoms with E-state index in [4.69, 9.17) is 0 Å². The molecule has 1 saturated heterocycles. The molecule has 2 aromatic carbocycles. The zero-order valence-corrected chi connectivity index (χ0v) is 19.4. The minimum absolute atomic E-state index is 0.00982. The van der Waals surface area contributed by atoms with Gasteiger partial charge in [-0.3, -0.25) is 9.69 Å². The lowest BCUT2D eigenvalue weighted by molar-refractivity contribution is -0.133. The van der Waals surface area contributed by atoms with E-state index in [1.54, 1.807) is 29.2 Å². The molecule has 6 nitrogen and oxygen atoms in total. The first-order chi connectivity index (χ1) is 14.8. The molecule has 1 aliphatic rings. The van der Waals surface area contributed by atoms with Crippen LogP contribution in [0.3, 0.4) is 0 Å². The van der Waals surface area contributed by atoms with Gasteiger partial charge in [-0.25, -0.2) is 13.1 Å². The van der Waals surface area contributed by atoms with Crippen molar-refractivity contribution < 1.29 is 13.2 Å². The lowest BCUT2D eigenvalue weighted by Gasteiger charge is -2.34.